The molecule has 0 saturated heterocycles. The Hall–Kier alpha value is -2.24. The number of nitrogens with one attached hydrogen (secondary N) is 1. The molecule has 3 nitrogen and oxygen atoms in total. The predicted octanol–water partition coefficient (Wildman–Crippen LogP) is 6.83. The van der Waals surface area contributed by atoms with E-state index in [4.69, 9.17) is 21.1 Å². The fraction of sp³-hybridized carbons (Fsp3) is 0.182. The van der Waals surface area contributed by atoms with Crippen LogP contribution in [-0.4, -0.2) is 6.61 Å². The first-order chi connectivity index (χ1) is 13.5. The molecule has 3 aromatic rings. The van der Waals surface area contributed by atoms with Crippen molar-refractivity contribution in [1.29, 1.82) is 0 Å². The van der Waals surface area contributed by atoms with E-state index in [1.807, 2.05) is 43.3 Å². The van der Waals surface area contributed by atoms with Gasteiger partial charge in [0.15, 0.2) is 11.5 Å². The van der Waals surface area contributed by atoms with Crippen LogP contribution in [0.2, 0.25) is 5.02 Å². The number of hydrogen-bond donors (Lipinski definition) is 1. The first kappa shape index (κ1) is 20.5. The Morgan fingerprint density at radius 3 is 2.32 bits per heavy atom. The minimum Gasteiger partial charge on any atom is -0.490 e. The van der Waals surface area contributed by atoms with Crippen molar-refractivity contribution in [2.24, 2.45) is 0 Å². The van der Waals surface area contributed by atoms with E-state index in [0.29, 0.717) is 36.3 Å². The normalized spacial score (nSPS) is 10.6. The molecule has 0 heterocycles. The van der Waals surface area contributed by atoms with Crippen molar-refractivity contribution >= 4 is 33.2 Å². The highest BCUT2D eigenvalue weighted by atomic mass is 79.9. The standard InChI is InChI=1S/C22H20BrClFNO2/c1-2-27-21-11-16(13-26-19-9-7-18(25)8-10-19)20(23)12-22(21)28-14-15-3-5-17(24)6-4-15/h3-12,26H,2,13-14H2,1H3. The molecule has 6 heteroatoms. The minimum absolute atomic E-state index is 0.257. The molecule has 0 fully saturated rings. The second-order valence-electron chi connectivity index (χ2n) is 6.10. The first-order valence-electron chi connectivity index (χ1n) is 8.87. The summed E-state index contributed by atoms with van der Waals surface area (Å²) >= 11 is 9.52. The monoisotopic (exact) mass is 463 g/mol. The molecule has 0 aliphatic rings. The first-order valence-corrected chi connectivity index (χ1v) is 10.0. The van der Waals surface area contributed by atoms with E-state index >= 15 is 0 Å². The zero-order valence-corrected chi connectivity index (χ0v) is 17.7. The molecule has 0 aliphatic carbocycles. The van der Waals surface area contributed by atoms with E-state index in [9.17, 15) is 4.39 Å². The smallest absolute Gasteiger partial charge is 0.162 e. The number of halogens is 3. The van der Waals surface area contributed by atoms with Gasteiger partial charge < -0.3 is 14.8 Å². The summed E-state index contributed by atoms with van der Waals surface area (Å²) in [4.78, 5) is 0. The number of ether oxygens (including phenoxy) is 2. The molecule has 0 spiro atoms. The topological polar surface area (TPSA) is 30.5 Å². The van der Waals surface area contributed by atoms with Crippen LogP contribution in [0.3, 0.4) is 0 Å². The predicted molar refractivity (Wildman–Crippen MR) is 115 cm³/mol. The lowest BCUT2D eigenvalue weighted by molar-refractivity contribution is 0.269. The van der Waals surface area contributed by atoms with E-state index in [-0.39, 0.29) is 5.82 Å². The van der Waals surface area contributed by atoms with E-state index < -0.39 is 0 Å². The maximum Gasteiger partial charge on any atom is 0.162 e. The van der Waals surface area contributed by atoms with Crippen molar-refractivity contribution in [2.45, 2.75) is 20.1 Å². The third-order valence-electron chi connectivity index (χ3n) is 4.05. The van der Waals surface area contributed by atoms with Crippen LogP contribution in [0, 0.1) is 5.82 Å². The molecule has 0 aliphatic heterocycles. The Kier molecular flexibility index (Phi) is 7.18. The van der Waals surface area contributed by atoms with Crippen LogP contribution in [-0.2, 0) is 13.2 Å². The molecule has 0 unspecified atom stereocenters. The van der Waals surface area contributed by atoms with Crippen LogP contribution in [0.1, 0.15) is 18.1 Å². The maximum absolute atomic E-state index is 13.0. The molecule has 0 atom stereocenters. The molecular weight excluding hydrogens is 445 g/mol. The maximum atomic E-state index is 13.0. The van der Waals surface area contributed by atoms with Gasteiger partial charge in [0.1, 0.15) is 12.4 Å². The van der Waals surface area contributed by atoms with Gasteiger partial charge in [-0.05, 0) is 66.6 Å². The zero-order valence-electron chi connectivity index (χ0n) is 15.3. The van der Waals surface area contributed by atoms with Crippen molar-refractivity contribution < 1.29 is 13.9 Å². The van der Waals surface area contributed by atoms with Gasteiger partial charge in [0.25, 0.3) is 0 Å². The van der Waals surface area contributed by atoms with Crippen LogP contribution < -0.4 is 14.8 Å². The molecule has 3 aromatic carbocycles. The largest absolute Gasteiger partial charge is 0.490 e. The summed E-state index contributed by atoms with van der Waals surface area (Å²) in [5.41, 5.74) is 2.87. The lowest BCUT2D eigenvalue weighted by atomic mass is 10.2. The van der Waals surface area contributed by atoms with Gasteiger partial charge in [0.2, 0.25) is 0 Å². The van der Waals surface area contributed by atoms with Gasteiger partial charge in [0.05, 0.1) is 6.61 Å². The summed E-state index contributed by atoms with van der Waals surface area (Å²) in [6, 6.07) is 17.6. The van der Waals surface area contributed by atoms with E-state index in [0.717, 1.165) is 21.3 Å². The molecule has 0 radical (unpaired) electrons. The summed E-state index contributed by atoms with van der Waals surface area (Å²) in [6.07, 6.45) is 0. The number of anilines is 1. The molecule has 1 N–H and O–H groups in total. The second-order valence-corrected chi connectivity index (χ2v) is 7.39. The van der Waals surface area contributed by atoms with Gasteiger partial charge in [0, 0.05) is 21.7 Å². The van der Waals surface area contributed by atoms with Gasteiger partial charge in [-0.3, -0.25) is 0 Å². The molecule has 146 valence electrons. The van der Waals surface area contributed by atoms with Crippen molar-refractivity contribution in [1.82, 2.24) is 0 Å². The zero-order chi connectivity index (χ0) is 19.9. The van der Waals surface area contributed by atoms with Crippen molar-refractivity contribution in [3.63, 3.8) is 0 Å². The summed E-state index contributed by atoms with van der Waals surface area (Å²) in [7, 11) is 0. The van der Waals surface area contributed by atoms with Gasteiger partial charge in [-0.1, -0.05) is 39.7 Å². The average molecular weight is 465 g/mol. The number of benzene rings is 3. The van der Waals surface area contributed by atoms with Crippen molar-refractivity contribution in [3.8, 4) is 11.5 Å². The molecule has 0 aromatic heterocycles. The summed E-state index contributed by atoms with van der Waals surface area (Å²) in [5, 5.41) is 3.97. The van der Waals surface area contributed by atoms with Crippen molar-refractivity contribution in [3.05, 3.63) is 87.1 Å². The minimum atomic E-state index is -0.257. The van der Waals surface area contributed by atoms with Crippen LogP contribution in [0.4, 0.5) is 10.1 Å². The Bertz CT molecular complexity index is 917. The molecule has 0 saturated carbocycles. The van der Waals surface area contributed by atoms with Gasteiger partial charge in [-0.2, -0.15) is 0 Å². The SMILES string of the molecule is CCOc1cc(CNc2ccc(F)cc2)c(Br)cc1OCc1ccc(Cl)cc1. The van der Waals surface area contributed by atoms with Gasteiger partial charge >= 0.3 is 0 Å². The molecular formula is C22H20BrClFNO2. The Morgan fingerprint density at radius 1 is 0.964 bits per heavy atom. The molecule has 0 bridgehead atoms. The second kappa shape index (κ2) is 9.80. The highest BCUT2D eigenvalue weighted by Gasteiger charge is 2.11. The van der Waals surface area contributed by atoms with Crippen LogP contribution in [0.5, 0.6) is 11.5 Å². The Labute approximate surface area is 177 Å². The average Bonchev–Trinajstić information content (AvgIpc) is 2.69. The summed E-state index contributed by atoms with van der Waals surface area (Å²) < 4.78 is 25.7. The van der Waals surface area contributed by atoms with Crippen molar-refractivity contribution in [2.75, 3.05) is 11.9 Å². The van der Waals surface area contributed by atoms with Crippen LogP contribution in [0.25, 0.3) is 0 Å². The number of rotatable bonds is 8. The lowest BCUT2D eigenvalue weighted by Crippen LogP contribution is -2.04. The van der Waals surface area contributed by atoms with Gasteiger partial charge in [-0.25, -0.2) is 4.39 Å². The van der Waals surface area contributed by atoms with E-state index in [1.165, 1.54) is 12.1 Å². The van der Waals surface area contributed by atoms with Crippen LogP contribution in [0.15, 0.2) is 65.1 Å². The Morgan fingerprint density at radius 2 is 1.64 bits per heavy atom. The molecule has 3 rings (SSSR count). The third-order valence-corrected chi connectivity index (χ3v) is 5.04. The summed E-state index contributed by atoms with van der Waals surface area (Å²) in [5.74, 6) is 1.08. The fourth-order valence-corrected chi connectivity index (χ4v) is 3.19. The third kappa shape index (κ3) is 5.63. The summed E-state index contributed by atoms with van der Waals surface area (Å²) in [6.45, 7) is 3.44. The fourth-order valence-electron chi connectivity index (χ4n) is 2.60. The quantitative estimate of drug-likeness (QED) is 0.396. The molecule has 28 heavy (non-hydrogen) atoms. The highest BCUT2D eigenvalue weighted by Crippen LogP contribution is 2.35. The van der Waals surface area contributed by atoms with E-state index in [1.54, 1.807) is 12.1 Å². The molecule has 0 amide bonds. The van der Waals surface area contributed by atoms with E-state index in [2.05, 4.69) is 21.2 Å². The highest BCUT2D eigenvalue weighted by molar-refractivity contribution is 9.10. The lowest BCUT2D eigenvalue weighted by Gasteiger charge is -2.16. The van der Waals surface area contributed by atoms with Crippen LogP contribution >= 0.6 is 27.5 Å². The number of hydrogen-bond acceptors (Lipinski definition) is 3. The Balaban J connectivity index is 1.72. The van der Waals surface area contributed by atoms with Gasteiger partial charge in [-0.15, -0.1) is 0 Å².